The fourth-order valence-corrected chi connectivity index (χ4v) is 2.28. The summed E-state index contributed by atoms with van der Waals surface area (Å²) in [6, 6.07) is 19.6. The van der Waals surface area contributed by atoms with E-state index in [9.17, 15) is 4.79 Å². The fourth-order valence-electron chi connectivity index (χ4n) is 2.28. The monoisotopic (exact) mass is 261 g/mol. The van der Waals surface area contributed by atoms with Crippen molar-refractivity contribution < 1.29 is 4.79 Å². The van der Waals surface area contributed by atoms with E-state index in [1.807, 2.05) is 60.8 Å². The fraction of sp³-hybridized carbons (Fsp3) is 0.111. The molecule has 0 N–H and O–H groups in total. The molecule has 0 spiro atoms. The number of hydrogen-bond donors (Lipinski definition) is 0. The molecular weight excluding hydrogens is 246 g/mol. The van der Waals surface area contributed by atoms with Crippen LogP contribution < -0.4 is 0 Å². The van der Waals surface area contributed by atoms with E-state index in [2.05, 4.69) is 11.1 Å². The van der Waals surface area contributed by atoms with E-state index >= 15 is 0 Å². The smallest absolute Gasteiger partial charge is 0.163 e. The van der Waals surface area contributed by atoms with Crippen molar-refractivity contribution in [3.05, 3.63) is 78.0 Å². The maximum absolute atomic E-state index is 12.1. The number of rotatable bonds is 4. The minimum absolute atomic E-state index is 0.179. The van der Waals surface area contributed by atoms with Crippen LogP contribution in [0.2, 0.25) is 0 Å². The highest BCUT2D eigenvalue weighted by Crippen LogP contribution is 2.14. The van der Waals surface area contributed by atoms with Gasteiger partial charge in [-0.15, -0.1) is 0 Å². The minimum atomic E-state index is 0.179. The highest BCUT2D eigenvalue weighted by molar-refractivity contribution is 5.96. The maximum atomic E-state index is 12.1. The van der Waals surface area contributed by atoms with E-state index in [-0.39, 0.29) is 5.78 Å². The third kappa shape index (κ3) is 2.75. The molecule has 0 saturated heterocycles. The van der Waals surface area contributed by atoms with Gasteiger partial charge in [0.05, 0.1) is 5.52 Å². The molecule has 0 aliphatic rings. The lowest BCUT2D eigenvalue weighted by atomic mass is 10.0. The number of fused-ring (bicyclic) bond motifs is 1. The molecule has 0 radical (unpaired) electrons. The lowest BCUT2D eigenvalue weighted by Crippen LogP contribution is -2.01. The molecule has 0 saturated carbocycles. The van der Waals surface area contributed by atoms with Gasteiger partial charge >= 0.3 is 0 Å². The van der Waals surface area contributed by atoms with E-state index in [0.29, 0.717) is 6.42 Å². The molecule has 2 nitrogen and oxygen atoms in total. The maximum Gasteiger partial charge on any atom is 0.163 e. The van der Waals surface area contributed by atoms with Crippen molar-refractivity contribution in [2.45, 2.75) is 12.8 Å². The van der Waals surface area contributed by atoms with Crippen LogP contribution in [0.4, 0.5) is 0 Å². The zero-order valence-corrected chi connectivity index (χ0v) is 11.1. The molecule has 0 bridgehead atoms. The Kier molecular flexibility index (Phi) is 3.55. The summed E-state index contributed by atoms with van der Waals surface area (Å²) in [5.74, 6) is 0.179. The number of carbonyl (C=O) groups is 1. The van der Waals surface area contributed by atoms with Gasteiger partial charge in [-0.2, -0.15) is 0 Å². The van der Waals surface area contributed by atoms with Crippen LogP contribution in [0.1, 0.15) is 22.3 Å². The zero-order chi connectivity index (χ0) is 13.8. The molecule has 0 unspecified atom stereocenters. The van der Waals surface area contributed by atoms with Crippen molar-refractivity contribution in [2.24, 2.45) is 0 Å². The van der Waals surface area contributed by atoms with Gasteiger partial charge in [-0.05, 0) is 24.1 Å². The van der Waals surface area contributed by atoms with Gasteiger partial charge in [-0.1, -0.05) is 48.5 Å². The Bertz CT molecular complexity index is 735. The second-order valence-electron chi connectivity index (χ2n) is 4.83. The molecule has 0 fully saturated rings. The topological polar surface area (TPSA) is 30.0 Å². The Morgan fingerprint density at radius 1 is 0.950 bits per heavy atom. The molecule has 98 valence electrons. The Balaban J connectivity index is 1.72. The van der Waals surface area contributed by atoms with Crippen LogP contribution in [0, 0.1) is 0 Å². The molecule has 3 aromatic rings. The number of ketones is 1. The van der Waals surface area contributed by atoms with E-state index in [1.54, 1.807) is 0 Å². The highest BCUT2D eigenvalue weighted by Gasteiger charge is 2.06. The summed E-state index contributed by atoms with van der Waals surface area (Å²) in [5, 5.41) is 1.12. The standard InChI is InChI=1S/C18H15NO/c20-18(15-6-2-1-3-7-15)11-10-14-12-16-8-4-5-9-17(16)19-13-14/h1-9,12-13H,10-11H2. The third-order valence-corrected chi connectivity index (χ3v) is 3.38. The van der Waals surface area contributed by atoms with Gasteiger partial charge in [0.25, 0.3) is 0 Å². The molecule has 2 aromatic carbocycles. The molecule has 0 aliphatic carbocycles. The highest BCUT2D eigenvalue weighted by atomic mass is 16.1. The number of aryl methyl sites for hydroxylation is 1. The van der Waals surface area contributed by atoms with Crippen LogP contribution in [-0.2, 0) is 6.42 Å². The lowest BCUT2D eigenvalue weighted by Gasteiger charge is -2.03. The molecule has 3 rings (SSSR count). The summed E-state index contributed by atoms with van der Waals surface area (Å²) in [6.45, 7) is 0. The molecule has 1 heterocycles. The summed E-state index contributed by atoms with van der Waals surface area (Å²) in [7, 11) is 0. The van der Waals surface area contributed by atoms with Crippen LogP contribution in [0.3, 0.4) is 0 Å². The normalized spacial score (nSPS) is 10.6. The van der Waals surface area contributed by atoms with Gasteiger partial charge in [0, 0.05) is 23.6 Å². The van der Waals surface area contributed by atoms with Gasteiger partial charge in [-0.3, -0.25) is 9.78 Å². The number of hydrogen-bond acceptors (Lipinski definition) is 2. The van der Waals surface area contributed by atoms with Gasteiger partial charge < -0.3 is 0 Å². The third-order valence-electron chi connectivity index (χ3n) is 3.38. The van der Waals surface area contributed by atoms with Gasteiger partial charge in [0.2, 0.25) is 0 Å². The molecule has 2 heteroatoms. The predicted molar refractivity (Wildman–Crippen MR) is 80.8 cm³/mol. The first-order valence-corrected chi connectivity index (χ1v) is 6.75. The lowest BCUT2D eigenvalue weighted by molar-refractivity contribution is 0.0983. The van der Waals surface area contributed by atoms with Gasteiger partial charge in [0.15, 0.2) is 5.78 Å². The van der Waals surface area contributed by atoms with E-state index in [4.69, 9.17) is 0 Å². The second-order valence-corrected chi connectivity index (χ2v) is 4.83. The van der Waals surface area contributed by atoms with Crippen molar-refractivity contribution in [1.82, 2.24) is 4.98 Å². The van der Waals surface area contributed by atoms with Crippen molar-refractivity contribution >= 4 is 16.7 Å². The van der Waals surface area contributed by atoms with Crippen molar-refractivity contribution in [3.63, 3.8) is 0 Å². The van der Waals surface area contributed by atoms with Crippen LogP contribution in [0.5, 0.6) is 0 Å². The number of aromatic nitrogens is 1. The average Bonchev–Trinajstić information content (AvgIpc) is 2.53. The largest absolute Gasteiger partial charge is 0.294 e. The van der Waals surface area contributed by atoms with Crippen molar-refractivity contribution in [3.8, 4) is 0 Å². The molecule has 0 atom stereocenters. The predicted octanol–water partition coefficient (Wildman–Crippen LogP) is 4.05. The van der Waals surface area contributed by atoms with Crippen LogP contribution in [0.15, 0.2) is 66.9 Å². The molecule has 20 heavy (non-hydrogen) atoms. The van der Waals surface area contributed by atoms with E-state index in [0.717, 1.165) is 28.5 Å². The first-order chi connectivity index (χ1) is 9.83. The van der Waals surface area contributed by atoms with E-state index in [1.165, 1.54) is 0 Å². The Hall–Kier alpha value is -2.48. The summed E-state index contributed by atoms with van der Waals surface area (Å²) in [4.78, 5) is 16.5. The molecule has 0 aliphatic heterocycles. The number of benzene rings is 2. The molecular formula is C18H15NO. The summed E-state index contributed by atoms with van der Waals surface area (Å²) >= 11 is 0. The SMILES string of the molecule is O=C(CCc1cnc2ccccc2c1)c1ccccc1. The Morgan fingerprint density at radius 3 is 2.55 bits per heavy atom. The number of pyridine rings is 1. The Morgan fingerprint density at radius 2 is 1.70 bits per heavy atom. The minimum Gasteiger partial charge on any atom is -0.294 e. The number of Topliss-reactive ketones (excluding diaryl/α,β-unsaturated/α-hetero) is 1. The number of para-hydroxylation sites is 1. The van der Waals surface area contributed by atoms with Crippen LogP contribution in [0.25, 0.3) is 10.9 Å². The second kappa shape index (κ2) is 5.66. The van der Waals surface area contributed by atoms with Gasteiger partial charge in [0.1, 0.15) is 0 Å². The first kappa shape index (κ1) is 12.5. The van der Waals surface area contributed by atoms with Crippen molar-refractivity contribution in [1.29, 1.82) is 0 Å². The zero-order valence-electron chi connectivity index (χ0n) is 11.1. The van der Waals surface area contributed by atoms with Crippen LogP contribution >= 0.6 is 0 Å². The van der Waals surface area contributed by atoms with Gasteiger partial charge in [-0.25, -0.2) is 0 Å². The number of nitrogens with zero attached hydrogens (tertiary/aromatic N) is 1. The van der Waals surface area contributed by atoms with Crippen molar-refractivity contribution in [2.75, 3.05) is 0 Å². The quantitative estimate of drug-likeness (QED) is 0.663. The summed E-state index contributed by atoms with van der Waals surface area (Å²) in [5.41, 5.74) is 2.87. The summed E-state index contributed by atoms with van der Waals surface area (Å²) < 4.78 is 0. The first-order valence-electron chi connectivity index (χ1n) is 6.75. The number of carbonyl (C=O) groups excluding carboxylic acids is 1. The Labute approximate surface area is 118 Å². The molecule has 0 amide bonds. The van der Waals surface area contributed by atoms with E-state index < -0.39 is 0 Å². The molecule has 1 aromatic heterocycles. The average molecular weight is 261 g/mol. The van der Waals surface area contributed by atoms with Crippen LogP contribution in [-0.4, -0.2) is 10.8 Å². The summed E-state index contributed by atoms with van der Waals surface area (Å²) in [6.07, 6.45) is 3.11.